The number of ether oxygens (including phenoxy) is 1. The second-order valence-corrected chi connectivity index (χ2v) is 5.35. The first kappa shape index (κ1) is 11.9. The third-order valence-corrected chi connectivity index (χ3v) is 3.60. The summed E-state index contributed by atoms with van der Waals surface area (Å²) in [6.07, 6.45) is 2.90. The Morgan fingerprint density at radius 1 is 1.50 bits per heavy atom. The number of amides is 1. The highest BCUT2D eigenvalue weighted by Gasteiger charge is 2.38. The van der Waals surface area contributed by atoms with E-state index in [0.717, 1.165) is 32.4 Å². The average molecular weight is 226 g/mol. The zero-order chi connectivity index (χ0) is 11.6. The van der Waals surface area contributed by atoms with E-state index in [2.05, 4.69) is 17.6 Å². The maximum atomic E-state index is 12.1. The van der Waals surface area contributed by atoms with E-state index >= 15 is 0 Å². The number of nitrogens with one attached hydrogen (secondary N) is 2. The Hall–Kier alpha value is -0.610. The largest absolute Gasteiger partial charge is 0.365 e. The molecule has 3 atom stereocenters. The molecule has 0 aromatic carbocycles. The summed E-state index contributed by atoms with van der Waals surface area (Å²) in [4.78, 5) is 12.1. The van der Waals surface area contributed by atoms with Gasteiger partial charge < -0.3 is 15.4 Å². The number of piperidine rings is 1. The van der Waals surface area contributed by atoms with Crippen LogP contribution in [0.5, 0.6) is 0 Å². The van der Waals surface area contributed by atoms with Crippen molar-refractivity contribution in [3.63, 3.8) is 0 Å². The lowest BCUT2D eigenvalue weighted by atomic mass is 9.96. The Morgan fingerprint density at radius 2 is 2.31 bits per heavy atom. The van der Waals surface area contributed by atoms with E-state index in [1.165, 1.54) is 0 Å². The summed E-state index contributed by atoms with van der Waals surface area (Å²) in [6.45, 7) is 6.75. The van der Waals surface area contributed by atoms with Gasteiger partial charge in [-0.3, -0.25) is 4.79 Å². The van der Waals surface area contributed by atoms with Crippen LogP contribution in [0.4, 0.5) is 0 Å². The minimum atomic E-state index is -0.583. The SMILES string of the molecule is CC1CNCC(NC(=O)C2(C)CCCO2)C1. The highest BCUT2D eigenvalue weighted by atomic mass is 16.5. The lowest BCUT2D eigenvalue weighted by Crippen LogP contribution is -2.53. The van der Waals surface area contributed by atoms with Gasteiger partial charge in [0.2, 0.25) is 0 Å². The zero-order valence-corrected chi connectivity index (χ0v) is 10.2. The molecule has 2 aliphatic rings. The van der Waals surface area contributed by atoms with E-state index in [0.29, 0.717) is 12.5 Å². The molecule has 2 aliphatic heterocycles. The Labute approximate surface area is 97.1 Å². The van der Waals surface area contributed by atoms with Crippen LogP contribution < -0.4 is 10.6 Å². The van der Waals surface area contributed by atoms with Gasteiger partial charge in [-0.15, -0.1) is 0 Å². The Morgan fingerprint density at radius 3 is 2.94 bits per heavy atom. The average Bonchev–Trinajstić information content (AvgIpc) is 2.66. The first-order valence-electron chi connectivity index (χ1n) is 6.26. The quantitative estimate of drug-likeness (QED) is 0.727. The Balaban J connectivity index is 1.86. The van der Waals surface area contributed by atoms with Crippen molar-refractivity contribution < 1.29 is 9.53 Å². The van der Waals surface area contributed by atoms with Crippen molar-refractivity contribution in [1.29, 1.82) is 0 Å². The van der Waals surface area contributed by atoms with Crippen LogP contribution in [0.15, 0.2) is 0 Å². The zero-order valence-electron chi connectivity index (χ0n) is 10.2. The maximum Gasteiger partial charge on any atom is 0.252 e. The van der Waals surface area contributed by atoms with Gasteiger partial charge in [-0.05, 0) is 38.6 Å². The standard InChI is InChI=1S/C12H22N2O2/c1-9-6-10(8-13-7-9)14-11(15)12(2)4-3-5-16-12/h9-10,13H,3-8H2,1-2H3,(H,14,15). The van der Waals surface area contributed by atoms with Crippen LogP contribution in [0, 0.1) is 5.92 Å². The normalized spacial score (nSPS) is 39.6. The third kappa shape index (κ3) is 2.55. The predicted octanol–water partition coefficient (Wildman–Crippen LogP) is 0.670. The molecule has 2 fully saturated rings. The first-order valence-corrected chi connectivity index (χ1v) is 6.26. The molecule has 0 saturated carbocycles. The molecule has 0 radical (unpaired) electrons. The smallest absolute Gasteiger partial charge is 0.252 e. The molecule has 1 amide bonds. The summed E-state index contributed by atoms with van der Waals surface area (Å²) in [7, 11) is 0. The number of hydrogen-bond donors (Lipinski definition) is 2. The molecule has 2 saturated heterocycles. The fourth-order valence-electron chi connectivity index (χ4n) is 2.56. The number of carbonyl (C=O) groups excluding carboxylic acids is 1. The van der Waals surface area contributed by atoms with Gasteiger partial charge >= 0.3 is 0 Å². The monoisotopic (exact) mass is 226 g/mol. The molecule has 4 heteroatoms. The predicted molar refractivity (Wildman–Crippen MR) is 62.2 cm³/mol. The summed E-state index contributed by atoms with van der Waals surface area (Å²) in [6, 6.07) is 0.261. The van der Waals surface area contributed by atoms with E-state index in [1.54, 1.807) is 0 Å². The molecule has 2 N–H and O–H groups in total. The highest BCUT2D eigenvalue weighted by Crippen LogP contribution is 2.25. The van der Waals surface area contributed by atoms with Crippen molar-refractivity contribution in [2.24, 2.45) is 5.92 Å². The van der Waals surface area contributed by atoms with Crippen LogP contribution in [-0.2, 0) is 9.53 Å². The number of carbonyl (C=O) groups is 1. The highest BCUT2D eigenvalue weighted by molar-refractivity contribution is 5.85. The maximum absolute atomic E-state index is 12.1. The number of hydrogen-bond acceptors (Lipinski definition) is 3. The topological polar surface area (TPSA) is 50.4 Å². The molecule has 0 aromatic heterocycles. The van der Waals surface area contributed by atoms with E-state index in [4.69, 9.17) is 4.74 Å². The molecule has 0 aromatic rings. The fraction of sp³-hybridized carbons (Fsp3) is 0.917. The van der Waals surface area contributed by atoms with Gasteiger partial charge in [-0.1, -0.05) is 6.92 Å². The van der Waals surface area contributed by atoms with Crippen molar-refractivity contribution in [1.82, 2.24) is 10.6 Å². The van der Waals surface area contributed by atoms with Crippen LogP contribution in [0.25, 0.3) is 0 Å². The molecule has 0 aliphatic carbocycles. The molecule has 16 heavy (non-hydrogen) atoms. The lowest BCUT2D eigenvalue weighted by molar-refractivity contribution is -0.140. The molecule has 0 spiro atoms. The van der Waals surface area contributed by atoms with E-state index in [1.807, 2.05) is 6.92 Å². The summed E-state index contributed by atoms with van der Waals surface area (Å²) >= 11 is 0. The van der Waals surface area contributed by atoms with Crippen LogP contribution in [-0.4, -0.2) is 37.2 Å². The van der Waals surface area contributed by atoms with Crippen LogP contribution in [0.2, 0.25) is 0 Å². The number of rotatable bonds is 2. The second-order valence-electron chi connectivity index (χ2n) is 5.35. The summed E-state index contributed by atoms with van der Waals surface area (Å²) in [5.41, 5.74) is -0.583. The van der Waals surface area contributed by atoms with Gasteiger partial charge in [0.1, 0.15) is 5.60 Å². The molecule has 92 valence electrons. The summed E-state index contributed by atoms with van der Waals surface area (Å²) in [5.74, 6) is 0.697. The molecular weight excluding hydrogens is 204 g/mol. The minimum Gasteiger partial charge on any atom is -0.365 e. The Bertz CT molecular complexity index is 262. The summed E-state index contributed by atoms with van der Waals surface area (Å²) < 4.78 is 5.54. The fourth-order valence-corrected chi connectivity index (χ4v) is 2.56. The van der Waals surface area contributed by atoms with Crippen molar-refractivity contribution in [3.8, 4) is 0 Å². The Kier molecular flexibility index (Phi) is 3.50. The molecule has 2 heterocycles. The van der Waals surface area contributed by atoms with E-state index in [-0.39, 0.29) is 11.9 Å². The first-order chi connectivity index (χ1) is 7.60. The minimum absolute atomic E-state index is 0.0610. The van der Waals surface area contributed by atoms with Crippen molar-refractivity contribution in [2.75, 3.05) is 19.7 Å². The lowest BCUT2D eigenvalue weighted by Gasteiger charge is -2.31. The van der Waals surface area contributed by atoms with Gasteiger partial charge in [-0.2, -0.15) is 0 Å². The summed E-state index contributed by atoms with van der Waals surface area (Å²) in [5, 5.41) is 6.44. The van der Waals surface area contributed by atoms with E-state index in [9.17, 15) is 4.79 Å². The van der Waals surface area contributed by atoms with Crippen LogP contribution in [0.3, 0.4) is 0 Å². The van der Waals surface area contributed by atoms with Gasteiger partial charge in [0.05, 0.1) is 0 Å². The van der Waals surface area contributed by atoms with Crippen molar-refractivity contribution in [3.05, 3.63) is 0 Å². The van der Waals surface area contributed by atoms with Gasteiger partial charge in [0, 0.05) is 19.2 Å². The third-order valence-electron chi connectivity index (χ3n) is 3.60. The van der Waals surface area contributed by atoms with E-state index < -0.39 is 5.60 Å². The molecule has 4 nitrogen and oxygen atoms in total. The molecule has 3 unspecified atom stereocenters. The van der Waals surface area contributed by atoms with Crippen LogP contribution in [0.1, 0.15) is 33.1 Å². The van der Waals surface area contributed by atoms with Gasteiger partial charge in [0.15, 0.2) is 0 Å². The van der Waals surface area contributed by atoms with Crippen molar-refractivity contribution in [2.45, 2.75) is 44.8 Å². The molecule has 2 rings (SSSR count). The second kappa shape index (κ2) is 4.72. The van der Waals surface area contributed by atoms with Gasteiger partial charge in [0.25, 0.3) is 5.91 Å². The molecule has 0 bridgehead atoms. The molecular formula is C12H22N2O2. The van der Waals surface area contributed by atoms with Crippen LogP contribution >= 0.6 is 0 Å². The van der Waals surface area contributed by atoms with Gasteiger partial charge in [-0.25, -0.2) is 0 Å². The van der Waals surface area contributed by atoms with Crippen molar-refractivity contribution >= 4 is 5.91 Å².